The van der Waals surface area contributed by atoms with Crippen molar-refractivity contribution in [3.05, 3.63) is 58.0 Å². The zero-order valence-corrected chi connectivity index (χ0v) is 15.1. The number of nitrogens with zero attached hydrogens (tertiary/aromatic N) is 3. The minimum absolute atomic E-state index is 0.109. The molecule has 1 aromatic heterocycles. The molecule has 2 aromatic carbocycles. The first-order valence-corrected chi connectivity index (χ1v) is 8.35. The molecule has 0 bridgehead atoms. The van der Waals surface area contributed by atoms with Crippen LogP contribution in [0.2, 0.25) is 0 Å². The van der Waals surface area contributed by atoms with E-state index in [0.717, 1.165) is 4.68 Å². The Balaban J connectivity index is 1.60. The monoisotopic (exact) mass is 380 g/mol. The fraction of sp³-hybridized carbons (Fsp3) is 0.158. The summed E-state index contributed by atoms with van der Waals surface area (Å²) >= 11 is 0. The third-order valence-corrected chi connectivity index (χ3v) is 4.23. The molecule has 0 unspecified atom stereocenters. The van der Waals surface area contributed by atoms with Gasteiger partial charge >= 0.3 is 0 Å². The number of rotatable bonds is 4. The summed E-state index contributed by atoms with van der Waals surface area (Å²) in [5, 5.41) is 8.91. The van der Waals surface area contributed by atoms with Crippen LogP contribution in [0, 0.1) is 0 Å². The third kappa shape index (κ3) is 3.02. The highest BCUT2D eigenvalue weighted by molar-refractivity contribution is 6.05. The third-order valence-electron chi connectivity index (χ3n) is 4.23. The number of benzene rings is 2. The van der Waals surface area contributed by atoms with Gasteiger partial charge in [-0.05, 0) is 18.2 Å². The lowest BCUT2D eigenvalue weighted by Gasteiger charge is -2.07. The number of methoxy groups -OCH3 is 1. The van der Waals surface area contributed by atoms with Gasteiger partial charge in [-0.25, -0.2) is 10.1 Å². The summed E-state index contributed by atoms with van der Waals surface area (Å²) in [6.07, 6.45) is 1.45. The van der Waals surface area contributed by atoms with E-state index in [1.54, 1.807) is 36.4 Å². The van der Waals surface area contributed by atoms with Gasteiger partial charge in [0.15, 0.2) is 17.2 Å². The maximum Gasteiger partial charge on any atom is 0.292 e. The summed E-state index contributed by atoms with van der Waals surface area (Å²) in [7, 11) is 3.02. The Hall–Kier alpha value is -3.88. The van der Waals surface area contributed by atoms with Gasteiger partial charge in [0, 0.05) is 18.0 Å². The number of hydrogen-bond acceptors (Lipinski definition) is 7. The SMILES string of the molecule is COc1cc(/C=N/NC(=O)c2nn(C)c(=O)c3ccccc23)cc2c1OCO2. The van der Waals surface area contributed by atoms with Gasteiger partial charge in [-0.3, -0.25) is 9.59 Å². The van der Waals surface area contributed by atoms with Gasteiger partial charge in [0.1, 0.15) is 0 Å². The molecule has 1 amide bonds. The van der Waals surface area contributed by atoms with Crippen molar-refractivity contribution in [3.63, 3.8) is 0 Å². The Kier molecular flexibility index (Phi) is 4.40. The molecule has 0 aliphatic carbocycles. The highest BCUT2D eigenvalue weighted by Crippen LogP contribution is 2.41. The second-order valence-electron chi connectivity index (χ2n) is 5.98. The summed E-state index contributed by atoms with van der Waals surface area (Å²) in [6, 6.07) is 10.2. The van der Waals surface area contributed by atoms with E-state index in [4.69, 9.17) is 14.2 Å². The van der Waals surface area contributed by atoms with Crippen LogP contribution in [0.25, 0.3) is 10.8 Å². The van der Waals surface area contributed by atoms with Crippen LogP contribution in [-0.2, 0) is 7.05 Å². The van der Waals surface area contributed by atoms with E-state index in [-0.39, 0.29) is 18.0 Å². The minimum atomic E-state index is -0.532. The molecule has 0 atom stereocenters. The molecule has 1 aliphatic heterocycles. The molecule has 9 heteroatoms. The van der Waals surface area contributed by atoms with Crippen LogP contribution in [0.5, 0.6) is 17.2 Å². The molecule has 28 heavy (non-hydrogen) atoms. The molecule has 2 heterocycles. The zero-order chi connectivity index (χ0) is 19.7. The Bertz CT molecular complexity index is 1170. The van der Waals surface area contributed by atoms with E-state index in [0.29, 0.717) is 33.6 Å². The van der Waals surface area contributed by atoms with Crippen molar-refractivity contribution in [2.24, 2.45) is 12.1 Å². The van der Waals surface area contributed by atoms with E-state index in [2.05, 4.69) is 15.6 Å². The molecule has 0 radical (unpaired) electrons. The van der Waals surface area contributed by atoms with E-state index >= 15 is 0 Å². The largest absolute Gasteiger partial charge is 0.493 e. The van der Waals surface area contributed by atoms with Crippen molar-refractivity contribution in [1.29, 1.82) is 0 Å². The lowest BCUT2D eigenvalue weighted by molar-refractivity contribution is 0.0950. The van der Waals surface area contributed by atoms with Gasteiger partial charge < -0.3 is 14.2 Å². The Morgan fingerprint density at radius 2 is 2.07 bits per heavy atom. The molecule has 1 aliphatic rings. The van der Waals surface area contributed by atoms with Crippen LogP contribution in [0.15, 0.2) is 46.3 Å². The van der Waals surface area contributed by atoms with Crippen molar-refractivity contribution in [2.45, 2.75) is 0 Å². The minimum Gasteiger partial charge on any atom is -0.493 e. The Morgan fingerprint density at radius 1 is 1.29 bits per heavy atom. The van der Waals surface area contributed by atoms with E-state index in [9.17, 15) is 9.59 Å². The quantitative estimate of drug-likeness (QED) is 0.542. The predicted molar refractivity (Wildman–Crippen MR) is 101 cm³/mol. The number of aryl methyl sites for hydroxylation is 1. The first-order chi connectivity index (χ1) is 13.6. The van der Waals surface area contributed by atoms with Gasteiger partial charge in [-0.15, -0.1) is 0 Å². The standard InChI is InChI=1S/C19H16N4O5/c1-23-19(25)13-6-4-3-5-12(13)16(22-23)18(24)21-20-9-11-7-14(26-2)17-15(8-11)27-10-28-17/h3-9H,10H2,1-2H3,(H,21,24)/b20-9+. The molecule has 9 nitrogen and oxygen atoms in total. The van der Waals surface area contributed by atoms with E-state index in [1.807, 2.05) is 0 Å². The summed E-state index contributed by atoms with van der Waals surface area (Å²) in [5.74, 6) is 1.05. The lowest BCUT2D eigenvalue weighted by atomic mass is 10.1. The number of carbonyl (C=O) groups excluding carboxylic acids is 1. The summed E-state index contributed by atoms with van der Waals surface area (Å²) in [4.78, 5) is 24.7. The molecule has 1 N–H and O–H groups in total. The number of fused-ring (bicyclic) bond motifs is 2. The highest BCUT2D eigenvalue weighted by Gasteiger charge is 2.20. The predicted octanol–water partition coefficient (Wildman–Crippen LogP) is 1.43. The maximum absolute atomic E-state index is 12.6. The molecular weight excluding hydrogens is 364 g/mol. The van der Waals surface area contributed by atoms with E-state index in [1.165, 1.54) is 20.4 Å². The van der Waals surface area contributed by atoms with Crippen LogP contribution in [0.1, 0.15) is 16.1 Å². The Labute approximate surface area is 159 Å². The lowest BCUT2D eigenvalue weighted by Crippen LogP contribution is -2.27. The topological polar surface area (TPSA) is 104 Å². The van der Waals surface area contributed by atoms with Crippen LogP contribution in [0.3, 0.4) is 0 Å². The van der Waals surface area contributed by atoms with Gasteiger partial charge in [0.2, 0.25) is 12.5 Å². The van der Waals surface area contributed by atoms with Crippen molar-refractivity contribution in [2.75, 3.05) is 13.9 Å². The molecule has 0 saturated heterocycles. The summed E-state index contributed by atoms with van der Waals surface area (Å²) in [6.45, 7) is 0.120. The number of nitrogens with one attached hydrogen (secondary N) is 1. The van der Waals surface area contributed by atoms with Gasteiger partial charge in [0.05, 0.1) is 18.7 Å². The summed E-state index contributed by atoms with van der Waals surface area (Å²) in [5.41, 5.74) is 2.92. The molecule has 142 valence electrons. The van der Waals surface area contributed by atoms with Crippen LogP contribution >= 0.6 is 0 Å². The number of carbonyl (C=O) groups is 1. The molecule has 0 fully saturated rings. The zero-order valence-electron chi connectivity index (χ0n) is 15.1. The number of hydrogen-bond donors (Lipinski definition) is 1. The molecule has 3 aromatic rings. The fourth-order valence-corrected chi connectivity index (χ4v) is 2.91. The highest BCUT2D eigenvalue weighted by atomic mass is 16.7. The number of aromatic nitrogens is 2. The van der Waals surface area contributed by atoms with Crippen molar-refractivity contribution in [1.82, 2.24) is 15.2 Å². The normalized spacial score (nSPS) is 12.5. The average Bonchev–Trinajstić information content (AvgIpc) is 3.18. The van der Waals surface area contributed by atoms with Gasteiger partial charge in [0.25, 0.3) is 11.5 Å². The molecule has 0 saturated carbocycles. The van der Waals surface area contributed by atoms with Crippen molar-refractivity contribution >= 4 is 22.9 Å². The van der Waals surface area contributed by atoms with E-state index < -0.39 is 5.91 Å². The average molecular weight is 380 g/mol. The first-order valence-electron chi connectivity index (χ1n) is 8.35. The summed E-state index contributed by atoms with van der Waals surface area (Å²) < 4.78 is 17.1. The van der Waals surface area contributed by atoms with Gasteiger partial charge in [-0.2, -0.15) is 10.2 Å². The number of hydrazone groups is 1. The fourth-order valence-electron chi connectivity index (χ4n) is 2.91. The number of amides is 1. The van der Waals surface area contributed by atoms with Crippen LogP contribution in [0.4, 0.5) is 0 Å². The molecular formula is C19H16N4O5. The van der Waals surface area contributed by atoms with Crippen molar-refractivity contribution in [3.8, 4) is 17.2 Å². The van der Waals surface area contributed by atoms with Crippen molar-refractivity contribution < 1.29 is 19.0 Å². The van der Waals surface area contributed by atoms with Crippen LogP contribution in [-0.4, -0.2) is 35.8 Å². The van der Waals surface area contributed by atoms with Crippen LogP contribution < -0.4 is 25.2 Å². The molecule has 4 rings (SSSR count). The Morgan fingerprint density at radius 3 is 2.86 bits per heavy atom. The smallest absolute Gasteiger partial charge is 0.292 e. The number of ether oxygens (including phenoxy) is 3. The maximum atomic E-state index is 12.6. The molecule has 0 spiro atoms. The first kappa shape index (κ1) is 17.5. The second kappa shape index (κ2) is 7.03. The second-order valence-corrected chi connectivity index (χ2v) is 5.98. The van der Waals surface area contributed by atoms with Gasteiger partial charge in [-0.1, -0.05) is 18.2 Å².